The predicted molar refractivity (Wildman–Crippen MR) is 103 cm³/mol. The topological polar surface area (TPSA) is 69.5 Å². The minimum Gasteiger partial charge on any atom is -0.454 e. The first-order valence-corrected chi connectivity index (χ1v) is 9.10. The van der Waals surface area contributed by atoms with Crippen molar-refractivity contribution in [1.82, 2.24) is 19.7 Å². The predicted octanol–water partition coefficient (Wildman–Crippen LogP) is 3.00. The Labute approximate surface area is 163 Å². The van der Waals surface area contributed by atoms with Crippen molar-refractivity contribution in [2.75, 3.05) is 6.79 Å². The molecular weight excluding hydrogens is 356 g/mol. The van der Waals surface area contributed by atoms with Crippen LogP contribution in [0, 0.1) is 13.8 Å². The van der Waals surface area contributed by atoms with Gasteiger partial charge in [-0.05, 0) is 31.5 Å². The van der Waals surface area contributed by atoms with Gasteiger partial charge in [0.05, 0.1) is 17.8 Å². The first-order valence-electron chi connectivity index (χ1n) is 9.10. The highest BCUT2D eigenvalue weighted by molar-refractivity contribution is 5.96. The van der Waals surface area contributed by atoms with E-state index in [0.717, 1.165) is 22.5 Å². The van der Waals surface area contributed by atoms with Gasteiger partial charge in [0.2, 0.25) is 6.79 Å². The van der Waals surface area contributed by atoms with Crippen molar-refractivity contribution in [2.45, 2.75) is 26.9 Å². The van der Waals surface area contributed by atoms with E-state index in [0.29, 0.717) is 30.2 Å². The Balaban J connectivity index is 1.70. The quantitative estimate of drug-likeness (QED) is 0.683. The van der Waals surface area contributed by atoms with Crippen molar-refractivity contribution in [3.63, 3.8) is 0 Å². The summed E-state index contributed by atoms with van der Waals surface area (Å²) in [6.07, 6.45) is 3.50. The Hall–Kier alpha value is -3.35. The maximum absolute atomic E-state index is 13.5. The number of hydrogen-bond acceptors (Lipinski definition) is 5. The Kier molecular flexibility index (Phi) is 4.73. The number of fused-ring (bicyclic) bond motifs is 1. The van der Waals surface area contributed by atoms with Crippen molar-refractivity contribution < 1.29 is 14.3 Å². The molecule has 0 radical (unpaired) electrons. The van der Waals surface area contributed by atoms with E-state index >= 15 is 0 Å². The second-order valence-corrected chi connectivity index (χ2v) is 6.84. The lowest BCUT2D eigenvalue weighted by Gasteiger charge is -2.24. The van der Waals surface area contributed by atoms with Gasteiger partial charge >= 0.3 is 0 Å². The molecule has 2 aromatic heterocycles. The summed E-state index contributed by atoms with van der Waals surface area (Å²) in [5.74, 6) is 1.34. The fourth-order valence-electron chi connectivity index (χ4n) is 3.47. The number of rotatable bonds is 5. The van der Waals surface area contributed by atoms with Gasteiger partial charge in [-0.15, -0.1) is 0 Å². The van der Waals surface area contributed by atoms with Crippen LogP contribution in [0.3, 0.4) is 0 Å². The summed E-state index contributed by atoms with van der Waals surface area (Å²) in [5.41, 5.74) is 4.07. The Morgan fingerprint density at radius 3 is 2.75 bits per heavy atom. The van der Waals surface area contributed by atoms with Gasteiger partial charge in [0.25, 0.3) is 5.91 Å². The molecule has 0 bridgehead atoms. The van der Waals surface area contributed by atoms with E-state index in [1.807, 2.05) is 51.2 Å². The number of pyridine rings is 1. The number of carbonyl (C=O) groups is 1. The molecule has 0 aliphatic carbocycles. The zero-order valence-electron chi connectivity index (χ0n) is 16.2. The van der Waals surface area contributed by atoms with Crippen molar-refractivity contribution in [3.8, 4) is 11.5 Å². The molecule has 0 unspecified atom stereocenters. The number of aromatic nitrogens is 3. The molecule has 144 valence electrons. The van der Waals surface area contributed by atoms with Crippen LogP contribution >= 0.6 is 0 Å². The molecule has 3 heterocycles. The summed E-state index contributed by atoms with van der Waals surface area (Å²) in [6.45, 7) is 4.80. The highest BCUT2D eigenvalue weighted by atomic mass is 16.7. The molecule has 1 aliphatic heterocycles. The van der Waals surface area contributed by atoms with E-state index in [9.17, 15) is 4.79 Å². The molecule has 1 aliphatic rings. The van der Waals surface area contributed by atoms with Crippen LogP contribution in [0.2, 0.25) is 0 Å². The van der Waals surface area contributed by atoms with Crippen LogP contribution in [0.5, 0.6) is 11.5 Å². The molecule has 7 heteroatoms. The largest absolute Gasteiger partial charge is 0.454 e. The molecule has 0 N–H and O–H groups in total. The monoisotopic (exact) mass is 378 g/mol. The summed E-state index contributed by atoms with van der Waals surface area (Å²) in [5, 5.41) is 4.40. The molecule has 4 rings (SSSR count). The Morgan fingerprint density at radius 2 is 2.04 bits per heavy atom. The fraction of sp³-hybridized carbons (Fsp3) is 0.286. The highest BCUT2D eigenvalue weighted by Crippen LogP contribution is 2.36. The normalized spacial score (nSPS) is 12.2. The smallest absolute Gasteiger partial charge is 0.258 e. The third-order valence-electron chi connectivity index (χ3n) is 4.95. The molecule has 1 amide bonds. The van der Waals surface area contributed by atoms with Crippen molar-refractivity contribution in [1.29, 1.82) is 0 Å². The van der Waals surface area contributed by atoms with Gasteiger partial charge < -0.3 is 14.4 Å². The van der Waals surface area contributed by atoms with E-state index in [1.165, 1.54) is 0 Å². The van der Waals surface area contributed by atoms with E-state index in [4.69, 9.17) is 9.47 Å². The first kappa shape index (κ1) is 18.0. The number of aryl methyl sites for hydroxylation is 2. The number of benzene rings is 1. The number of amides is 1. The van der Waals surface area contributed by atoms with Gasteiger partial charge in [-0.25, -0.2) is 0 Å². The summed E-state index contributed by atoms with van der Waals surface area (Å²) in [7, 11) is 1.85. The number of nitrogens with zero attached hydrogens (tertiary/aromatic N) is 4. The molecule has 3 aromatic rings. The van der Waals surface area contributed by atoms with E-state index in [2.05, 4.69) is 10.1 Å². The van der Waals surface area contributed by atoms with Gasteiger partial charge in [0.1, 0.15) is 0 Å². The number of ether oxygens (including phenoxy) is 2. The second kappa shape index (κ2) is 7.34. The van der Waals surface area contributed by atoms with Gasteiger partial charge in [0.15, 0.2) is 11.5 Å². The molecule has 1 aromatic carbocycles. The zero-order valence-corrected chi connectivity index (χ0v) is 16.2. The lowest BCUT2D eigenvalue weighted by Crippen LogP contribution is -2.31. The first-order chi connectivity index (χ1) is 13.5. The van der Waals surface area contributed by atoms with Gasteiger partial charge in [-0.3, -0.25) is 14.5 Å². The summed E-state index contributed by atoms with van der Waals surface area (Å²) in [4.78, 5) is 19.5. The van der Waals surface area contributed by atoms with Crippen LogP contribution in [-0.2, 0) is 20.1 Å². The van der Waals surface area contributed by atoms with Crippen molar-refractivity contribution in [2.24, 2.45) is 7.05 Å². The molecule has 0 atom stereocenters. The molecule has 0 spiro atoms. The molecule has 0 saturated carbocycles. The Morgan fingerprint density at radius 1 is 1.18 bits per heavy atom. The van der Waals surface area contributed by atoms with Crippen LogP contribution < -0.4 is 9.47 Å². The van der Waals surface area contributed by atoms with E-state index in [1.54, 1.807) is 22.0 Å². The third-order valence-corrected chi connectivity index (χ3v) is 4.95. The fourth-order valence-corrected chi connectivity index (χ4v) is 3.47. The standard InChI is InChI=1S/C21H22N4O3/c1-14-19(15(2)24(3)23-14)21(26)25(11-16-6-5-9-22-10-16)12-17-7-4-8-18-20(17)28-13-27-18/h4-10H,11-13H2,1-3H3. The molecular formula is C21H22N4O3. The average Bonchev–Trinajstić information content (AvgIpc) is 3.27. The van der Waals surface area contributed by atoms with Gasteiger partial charge in [-0.1, -0.05) is 18.2 Å². The number of carbonyl (C=O) groups excluding carboxylic acids is 1. The molecule has 7 nitrogen and oxygen atoms in total. The van der Waals surface area contributed by atoms with Crippen LogP contribution in [0.15, 0.2) is 42.7 Å². The Bertz CT molecular complexity index is 1010. The molecule has 0 saturated heterocycles. The average molecular weight is 378 g/mol. The lowest BCUT2D eigenvalue weighted by molar-refractivity contribution is 0.0726. The maximum Gasteiger partial charge on any atom is 0.258 e. The molecule has 28 heavy (non-hydrogen) atoms. The van der Waals surface area contributed by atoms with Gasteiger partial charge in [-0.2, -0.15) is 5.10 Å². The number of para-hydroxylation sites is 1. The van der Waals surface area contributed by atoms with Crippen LogP contribution in [-0.4, -0.2) is 32.4 Å². The van der Waals surface area contributed by atoms with Crippen LogP contribution in [0.25, 0.3) is 0 Å². The number of hydrogen-bond donors (Lipinski definition) is 0. The van der Waals surface area contributed by atoms with E-state index in [-0.39, 0.29) is 12.7 Å². The summed E-state index contributed by atoms with van der Waals surface area (Å²) >= 11 is 0. The molecule has 0 fully saturated rings. The minimum atomic E-state index is -0.0662. The third kappa shape index (κ3) is 3.31. The van der Waals surface area contributed by atoms with E-state index < -0.39 is 0 Å². The van der Waals surface area contributed by atoms with Crippen molar-refractivity contribution in [3.05, 3.63) is 70.8 Å². The van der Waals surface area contributed by atoms with Gasteiger partial charge in [0, 0.05) is 37.2 Å². The van der Waals surface area contributed by atoms with Crippen LogP contribution in [0.1, 0.15) is 32.9 Å². The minimum absolute atomic E-state index is 0.0662. The maximum atomic E-state index is 13.5. The van der Waals surface area contributed by atoms with Crippen molar-refractivity contribution >= 4 is 5.91 Å². The SMILES string of the molecule is Cc1nn(C)c(C)c1C(=O)N(Cc1cccnc1)Cc1cccc2c1OCO2. The summed E-state index contributed by atoms with van der Waals surface area (Å²) < 4.78 is 12.8. The van der Waals surface area contributed by atoms with Crippen LogP contribution in [0.4, 0.5) is 0 Å². The highest BCUT2D eigenvalue weighted by Gasteiger charge is 2.26. The lowest BCUT2D eigenvalue weighted by atomic mass is 10.1. The summed E-state index contributed by atoms with van der Waals surface area (Å²) in [6, 6.07) is 9.58. The zero-order chi connectivity index (χ0) is 19.7. The second-order valence-electron chi connectivity index (χ2n) is 6.84.